The van der Waals surface area contributed by atoms with Gasteiger partial charge in [0.05, 0.1) is 31.3 Å². The Morgan fingerprint density at radius 2 is 1.69 bits per heavy atom. The van der Waals surface area contributed by atoms with Crippen molar-refractivity contribution in [1.29, 1.82) is 0 Å². The number of nitrogens with zero attached hydrogens (tertiary/aromatic N) is 1. The summed E-state index contributed by atoms with van der Waals surface area (Å²) in [5.74, 6) is 0.452. The van der Waals surface area contributed by atoms with E-state index in [1.165, 1.54) is 37.4 Å². The molecule has 0 bridgehead atoms. The van der Waals surface area contributed by atoms with E-state index >= 15 is 0 Å². The molecule has 166 valence electrons. The van der Waals surface area contributed by atoms with Crippen molar-refractivity contribution < 1.29 is 33.0 Å². The highest BCUT2D eigenvalue weighted by atomic mass is 16.6. The van der Waals surface area contributed by atoms with E-state index in [9.17, 15) is 14.4 Å². The summed E-state index contributed by atoms with van der Waals surface area (Å²) in [6.07, 6.45) is -0.484. The van der Waals surface area contributed by atoms with Gasteiger partial charge in [-0.15, -0.1) is 0 Å². The predicted octanol–water partition coefficient (Wildman–Crippen LogP) is 3.51. The van der Waals surface area contributed by atoms with E-state index in [1.807, 2.05) is 0 Å². The Hall–Kier alpha value is -3.85. The molecule has 4 rings (SSSR count). The molecule has 1 saturated heterocycles. The highest BCUT2D eigenvalue weighted by molar-refractivity contribution is 5.89. The van der Waals surface area contributed by atoms with Crippen LogP contribution in [-0.2, 0) is 9.47 Å². The van der Waals surface area contributed by atoms with E-state index in [-0.39, 0.29) is 33.7 Å². The van der Waals surface area contributed by atoms with Gasteiger partial charge in [0, 0.05) is 19.2 Å². The molecule has 0 atom stereocenters. The van der Waals surface area contributed by atoms with Gasteiger partial charge in [-0.2, -0.15) is 0 Å². The molecule has 1 amide bonds. The topological polar surface area (TPSA) is 105 Å². The first-order valence-corrected chi connectivity index (χ1v) is 9.94. The minimum atomic E-state index is -0.484. The molecule has 1 fully saturated rings. The average Bonchev–Trinajstić information content (AvgIpc) is 2.82. The number of fused-ring (bicyclic) bond motifs is 1. The van der Waals surface area contributed by atoms with E-state index < -0.39 is 12.1 Å². The summed E-state index contributed by atoms with van der Waals surface area (Å²) in [7, 11) is 1.30. The second kappa shape index (κ2) is 9.11. The number of carbonyl (C=O) groups is 2. The maximum atomic E-state index is 13.0. The van der Waals surface area contributed by atoms with Crippen molar-refractivity contribution >= 4 is 23.0 Å². The number of ether oxygens (including phenoxy) is 4. The molecule has 1 aromatic heterocycles. The molecule has 0 N–H and O–H groups in total. The van der Waals surface area contributed by atoms with Crippen LogP contribution < -0.4 is 14.9 Å². The Labute approximate surface area is 183 Å². The predicted molar refractivity (Wildman–Crippen MR) is 113 cm³/mol. The van der Waals surface area contributed by atoms with Gasteiger partial charge in [-0.3, -0.25) is 4.79 Å². The second-order valence-electron chi connectivity index (χ2n) is 7.06. The molecule has 2 aromatic carbocycles. The van der Waals surface area contributed by atoms with E-state index in [1.54, 1.807) is 24.0 Å². The molecular weight excluding hydrogens is 418 g/mol. The standard InChI is InChI=1S/C23H21NO8/c1-14-21(31-16-5-3-15(4-6-16)22(26)28-2)20(25)18-8-7-17(13-19(18)30-14)32-23(27)24-9-11-29-12-10-24/h3-8,13H,9-12H2,1-2H3. The Balaban J connectivity index is 1.56. The van der Waals surface area contributed by atoms with Crippen molar-refractivity contribution in [3.8, 4) is 17.2 Å². The van der Waals surface area contributed by atoms with Gasteiger partial charge < -0.3 is 28.3 Å². The molecule has 1 aliphatic heterocycles. The minimum absolute atomic E-state index is 0.0291. The van der Waals surface area contributed by atoms with Crippen molar-refractivity contribution in [3.05, 3.63) is 64.0 Å². The zero-order chi connectivity index (χ0) is 22.7. The molecule has 32 heavy (non-hydrogen) atoms. The third-order valence-electron chi connectivity index (χ3n) is 4.96. The zero-order valence-corrected chi connectivity index (χ0v) is 17.6. The van der Waals surface area contributed by atoms with Gasteiger partial charge in [0.25, 0.3) is 0 Å². The van der Waals surface area contributed by atoms with E-state index in [0.29, 0.717) is 37.6 Å². The molecule has 3 aromatic rings. The van der Waals surface area contributed by atoms with Crippen LogP contribution in [0.3, 0.4) is 0 Å². The van der Waals surface area contributed by atoms with Crippen molar-refractivity contribution in [2.45, 2.75) is 6.92 Å². The summed E-state index contributed by atoms with van der Waals surface area (Å²) < 4.78 is 26.8. The van der Waals surface area contributed by atoms with Gasteiger partial charge in [0.1, 0.15) is 22.8 Å². The number of methoxy groups -OCH3 is 1. The lowest BCUT2D eigenvalue weighted by Gasteiger charge is -2.25. The lowest BCUT2D eigenvalue weighted by molar-refractivity contribution is 0.0416. The molecule has 0 aliphatic carbocycles. The molecule has 1 aliphatic rings. The molecule has 0 radical (unpaired) electrons. The fourth-order valence-corrected chi connectivity index (χ4v) is 3.26. The van der Waals surface area contributed by atoms with Crippen LogP contribution in [-0.4, -0.2) is 50.4 Å². The van der Waals surface area contributed by atoms with E-state index in [2.05, 4.69) is 4.74 Å². The van der Waals surface area contributed by atoms with Crippen LogP contribution in [0.1, 0.15) is 16.1 Å². The number of benzene rings is 2. The van der Waals surface area contributed by atoms with Crippen LogP contribution in [0.15, 0.2) is 51.7 Å². The number of morpholine rings is 1. The van der Waals surface area contributed by atoms with Crippen LogP contribution in [0, 0.1) is 6.92 Å². The summed E-state index contributed by atoms with van der Waals surface area (Å²) in [6, 6.07) is 10.7. The zero-order valence-electron chi connectivity index (χ0n) is 17.6. The number of amides is 1. The molecule has 0 saturated carbocycles. The second-order valence-corrected chi connectivity index (χ2v) is 7.06. The van der Waals surface area contributed by atoms with Crippen LogP contribution in [0.25, 0.3) is 11.0 Å². The normalized spacial score (nSPS) is 13.6. The van der Waals surface area contributed by atoms with Gasteiger partial charge in [-0.25, -0.2) is 9.59 Å². The SMILES string of the molecule is COC(=O)c1ccc(Oc2c(C)oc3cc(OC(=O)N4CCOCC4)ccc3c2=O)cc1. The van der Waals surface area contributed by atoms with Crippen LogP contribution in [0.4, 0.5) is 4.79 Å². The Kier molecular flexibility index (Phi) is 6.09. The third kappa shape index (κ3) is 4.42. The number of rotatable bonds is 4. The van der Waals surface area contributed by atoms with Crippen molar-refractivity contribution in [3.63, 3.8) is 0 Å². The first-order chi connectivity index (χ1) is 15.5. The smallest absolute Gasteiger partial charge is 0.415 e. The summed E-state index contributed by atoms with van der Waals surface area (Å²) >= 11 is 0. The fraction of sp³-hybridized carbons (Fsp3) is 0.261. The number of aryl methyl sites for hydroxylation is 1. The lowest BCUT2D eigenvalue weighted by Crippen LogP contribution is -2.42. The molecule has 2 heterocycles. The first kappa shape index (κ1) is 21.4. The average molecular weight is 439 g/mol. The monoisotopic (exact) mass is 439 g/mol. The number of esters is 1. The summed E-state index contributed by atoms with van der Waals surface area (Å²) in [5, 5.41) is 0.281. The number of carbonyl (C=O) groups excluding carboxylic acids is 2. The van der Waals surface area contributed by atoms with E-state index in [0.717, 1.165) is 0 Å². The maximum Gasteiger partial charge on any atom is 0.415 e. The summed E-state index contributed by atoms with van der Waals surface area (Å²) in [5.41, 5.74) is 0.265. The number of hydrogen-bond donors (Lipinski definition) is 0. The Bertz CT molecular complexity index is 1210. The van der Waals surface area contributed by atoms with Crippen molar-refractivity contribution in [1.82, 2.24) is 4.90 Å². The minimum Gasteiger partial charge on any atom is -0.465 e. The van der Waals surface area contributed by atoms with Gasteiger partial charge in [0.15, 0.2) is 0 Å². The lowest BCUT2D eigenvalue weighted by atomic mass is 10.2. The highest BCUT2D eigenvalue weighted by Crippen LogP contribution is 2.28. The van der Waals surface area contributed by atoms with Crippen molar-refractivity contribution in [2.75, 3.05) is 33.4 Å². The van der Waals surface area contributed by atoms with E-state index in [4.69, 9.17) is 18.6 Å². The summed E-state index contributed by atoms with van der Waals surface area (Å²) in [4.78, 5) is 38.4. The molecule has 0 spiro atoms. The van der Waals surface area contributed by atoms with Gasteiger partial charge in [0.2, 0.25) is 11.2 Å². The maximum absolute atomic E-state index is 13.0. The first-order valence-electron chi connectivity index (χ1n) is 9.94. The fourth-order valence-electron chi connectivity index (χ4n) is 3.26. The molecule has 9 heteroatoms. The van der Waals surface area contributed by atoms with Crippen LogP contribution >= 0.6 is 0 Å². The quantitative estimate of drug-likeness (QED) is 0.569. The van der Waals surface area contributed by atoms with Crippen molar-refractivity contribution in [2.24, 2.45) is 0 Å². The Morgan fingerprint density at radius 1 is 1.00 bits per heavy atom. The number of hydrogen-bond acceptors (Lipinski definition) is 8. The van der Waals surface area contributed by atoms with Crippen LogP contribution in [0.5, 0.6) is 17.2 Å². The molecule has 9 nitrogen and oxygen atoms in total. The molecular formula is C23H21NO8. The van der Waals surface area contributed by atoms with Gasteiger partial charge >= 0.3 is 12.1 Å². The third-order valence-corrected chi connectivity index (χ3v) is 4.96. The highest BCUT2D eigenvalue weighted by Gasteiger charge is 2.20. The van der Waals surface area contributed by atoms with Gasteiger partial charge in [-0.1, -0.05) is 0 Å². The largest absolute Gasteiger partial charge is 0.465 e. The Morgan fingerprint density at radius 3 is 2.38 bits per heavy atom. The summed E-state index contributed by atoms with van der Waals surface area (Å²) in [6.45, 7) is 3.46. The van der Waals surface area contributed by atoms with Crippen LogP contribution in [0.2, 0.25) is 0 Å². The van der Waals surface area contributed by atoms with Gasteiger partial charge in [-0.05, 0) is 43.3 Å². The molecule has 0 unspecified atom stereocenters.